The molecule has 2 aromatic heterocycles. The van der Waals surface area contributed by atoms with Gasteiger partial charge in [-0.15, -0.1) is 11.3 Å². The summed E-state index contributed by atoms with van der Waals surface area (Å²) < 4.78 is 7.49. The van der Waals surface area contributed by atoms with E-state index in [1.54, 1.807) is 17.7 Å². The molecule has 3 aromatic rings. The third-order valence-corrected chi connectivity index (χ3v) is 5.16. The predicted molar refractivity (Wildman–Crippen MR) is 92.5 cm³/mol. The molecular formula is C17H19N5OS. The number of benzene rings is 1. The summed E-state index contributed by atoms with van der Waals surface area (Å²) in [6, 6.07) is 10.4. The van der Waals surface area contributed by atoms with Crippen molar-refractivity contribution in [2.24, 2.45) is 7.05 Å². The molecule has 124 valence electrons. The Hall–Kier alpha value is -2.09. The molecule has 1 aliphatic rings. The smallest absolute Gasteiger partial charge is 0.146 e. The summed E-state index contributed by atoms with van der Waals surface area (Å²) >= 11 is 1.69. The summed E-state index contributed by atoms with van der Waals surface area (Å²) in [7, 11) is 1.92. The summed E-state index contributed by atoms with van der Waals surface area (Å²) in [5.74, 6) is 0.938. The van der Waals surface area contributed by atoms with Crippen molar-refractivity contribution in [3.63, 3.8) is 0 Å². The van der Waals surface area contributed by atoms with E-state index in [4.69, 9.17) is 9.72 Å². The Morgan fingerprint density at radius 2 is 2.17 bits per heavy atom. The molecule has 0 bridgehead atoms. The van der Waals surface area contributed by atoms with Gasteiger partial charge in [-0.2, -0.15) is 5.10 Å². The molecule has 4 rings (SSSR count). The van der Waals surface area contributed by atoms with E-state index in [0.29, 0.717) is 6.61 Å². The molecular weight excluding hydrogens is 322 g/mol. The lowest BCUT2D eigenvalue weighted by molar-refractivity contribution is -0.0176. The Morgan fingerprint density at radius 1 is 1.29 bits per heavy atom. The van der Waals surface area contributed by atoms with Gasteiger partial charge in [0.2, 0.25) is 0 Å². The SMILES string of the molecule is Cn1ncnc1C1COCCN1Cc1csc(-c2ccccc2)n1. The van der Waals surface area contributed by atoms with Crippen LogP contribution >= 0.6 is 11.3 Å². The Kier molecular flexibility index (Phi) is 4.38. The van der Waals surface area contributed by atoms with Crippen molar-refractivity contribution >= 4 is 11.3 Å². The third-order valence-electron chi connectivity index (χ3n) is 4.22. The lowest BCUT2D eigenvalue weighted by Crippen LogP contribution is -2.40. The van der Waals surface area contributed by atoms with Gasteiger partial charge in [0, 0.05) is 31.1 Å². The molecule has 1 aliphatic heterocycles. The standard InChI is InChI=1S/C17H19N5OS/c1-21-16(18-12-19-21)15-10-23-8-7-22(15)9-14-11-24-17(20-14)13-5-3-2-4-6-13/h2-6,11-12,15H,7-10H2,1H3. The van der Waals surface area contributed by atoms with Crippen LogP contribution < -0.4 is 0 Å². The van der Waals surface area contributed by atoms with E-state index in [9.17, 15) is 0 Å². The molecule has 0 saturated carbocycles. The van der Waals surface area contributed by atoms with Crippen molar-refractivity contribution < 1.29 is 4.74 Å². The van der Waals surface area contributed by atoms with Crippen LogP contribution in [0.3, 0.4) is 0 Å². The van der Waals surface area contributed by atoms with E-state index in [0.717, 1.165) is 36.2 Å². The number of morpholine rings is 1. The minimum atomic E-state index is 0.119. The summed E-state index contributed by atoms with van der Waals surface area (Å²) in [4.78, 5) is 11.6. The second kappa shape index (κ2) is 6.80. The van der Waals surface area contributed by atoms with E-state index < -0.39 is 0 Å². The molecule has 7 heteroatoms. The first-order chi connectivity index (χ1) is 11.8. The van der Waals surface area contributed by atoms with Crippen LogP contribution in [0, 0.1) is 0 Å². The van der Waals surface area contributed by atoms with Gasteiger partial charge in [0.15, 0.2) is 0 Å². The number of rotatable bonds is 4. The molecule has 0 N–H and O–H groups in total. The van der Waals surface area contributed by atoms with Crippen LogP contribution in [0.5, 0.6) is 0 Å². The van der Waals surface area contributed by atoms with Crippen LogP contribution in [0.15, 0.2) is 42.0 Å². The second-order valence-corrected chi connectivity index (χ2v) is 6.67. The topological polar surface area (TPSA) is 56.1 Å². The highest BCUT2D eigenvalue weighted by Crippen LogP contribution is 2.27. The van der Waals surface area contributed by atoms with Gasteiger partial charge in [-0.1, -0.05) is 30.3 Å². The first-order valence-electron chi connectivity index (χ1n) is 7.97. The largest absolute Gasteiger partial charge is 0.378 e. The van der Waals surface area contributed by atoms with Gasteiger partial charge >= 0.3 is 0 Å². The normalized spacial score (nSPS) is 18.8. The number of thiazole rings is 1. The first-order valence-corrected chi connectivity index (χ1v) is 8.85. The van der Waals surface area contributed by atoms with E-state index in [1.165, 1.54) is 5.56 Å². The van der Waals surface area contributed by atoms with E-state index in [2.05, 4.69) is 32.5 Å². The maximum absolute atomic E-state index is 5.66. The summed E-state index contributed by atoms with van der Waals surface area (Å²) in [5.41, 5.74) is 2.26. The molecule has 1 fully saturated rings. The van der Waals surface area contributed by atoms with Crippen molar-refractivity contribution in [3.8, 4) is 10.6 Å². The molecule has 0 spiro atoms. The number of nitrogens with zero attached hydrogens (tertiary/aromatic N) is 5. The maximum atomic E-state index is 5.66. The Balaban J connectivity index is 1.53. The van der Waals surface area contributed by atoms with Gasteiger partial charge in [0.25, 0.3) is 0 Å². The predicted octanol–water partition coefficient (Wildman–Crippen LogP) is 2.51. The number of hydrogen-bond acceptors (Lipinski definition) is 6. The molecule has 1 atom stereocenters. The quantitative estimate of drug-likeness (QED) is 0.730. The summed E-state index contributed by atoms with van der Waals surface area (Å²) in [5, 5.41) is 7.40. The van der Waals surface area contributed by atoms with Crippen LogP contribution in [-0.4, -0.2) is 44.4 Å². The molecule has 1 unspecified atom stereocenters. The number of ether oxygens (including phenoxy) is 1. The minimum Gasteiger partial charge on any atom is -0.378 e. The Labute approximate surface area is 144 Å². The van der Waals surface area contributed by atoms with Crippen molar-refractivity contribution in [1.29, 1.82) is 0 Å². The van der Waals surface area contributed by atoms with Gasteiger partial charge in [-0.25, -0.2) is 9.97 Å². The number of aryl methyl sites for hydroxylation is 1. The lowest BCUT2D eigenvalue weighted by Gasteiger charge is -2.34. The highest BCUT2D eigenvalue weighted by atomic mass is 32.1. The average molecular weight is 341 g/mol. The van der Waals surface area contributed by atoms with Gasteiger partial charge in [0.1, 0.15) is 17.2 Å². The fourth-order valence-electron chi connectivity index (χ4n) is 2.97. The van der Waals surface area contributed by atoms with Crippen molar-refractivity contribution in [2.45, 2.75) is 12.6 Å². The Bertz CT molecular complexity index is 800. The van der Waals surface area contributed by atoms with Gasteiger partial charge in [0.05, 0.1) is 24.9 Å². The Morgan fingerprint density at radius 3 is 2.96 bits per heavy atom. The number of aromatic nitrogens is 4. The van der Waals surface area contributed by atoms with E-state index in [-0.39, 0.29) is 6.04 Å². The summed E-state index contributed by atoms with van der Waals surface area (Å²) in [6.45, 7) is 3.05. The van der Waals surface area contributed by atoms with Crippen LogP contribution in [0.25, 0.3) is 10.6 Å². The molecule has 0 amide bonds. The molecule has 1 saturated heterocycles. The molecule has 3 heterocycles. The molecule has 0 radical (unpaired) electrons. The molecule has 1 aromatic carbocycles. The van der Waals surface area contributed by atoms with Gasteiger partial charge in [-0.3, -0.25) is 9.58 Å². The van der Waals surface area contributed by atoms with Crippen LogP contribution in [0.1, 0.15) is 17.6 Å². The van der Waals surface area contributed by atoms with Gasteiger partial charge in [-0.05, 0) is 0 Å². The highest BCUT2D eigenvalue weighted by Gasteiger charge is 2.28. The fourth-order valence-corrected chi connectivity index (χ4v) is 3.79. The monoisotopic (exact) mass is 341 g/mol. The highest BCUT2D eigenvalue weighted by molar-refractivity contribution is 7.13. The molecule has 24 heavy (non-hydrogen) atoms. The summed E-state index contributed by atoms with van der Waals surface area (Å²) in [6.07, 6.45) is 1.60. The maximum Gasteiger partial charge on any atom is 0.146 e. The molecule has 6 nitrogen and oxygen atoms in total. The fraction of sp³-hybridized carbons (Fsp3) is 0.353. The van der Waals surface area contributed by atoms with E-state index >= 15 is 0 Å². The van der Waals surface area contributed by atoms with Crippen LogP contribution in [0.2, 0.25) is 0 Å². The zero-order valence-electron chi connectivity index (χ0n) is 13.5. The van der Waals surface area contributed by atoms with Crippen molar-refractivity contribution in [3.05, 3.63) is 53.6 Å². The number of hydrogen-bond donors (Lipinski definition) is 0. The van der Waals surface area contributed by atoms with Crippen molar-refractivity contribution in [1.82, 2.24) is 24.6 Å². The molecule has 0 aliphatic carbocycles. The zero-order valence-corrected chi connectivity index (χ0v) is 14.3. The first kappa shape index (κ1) is 15.4. The van der Waals surface area contributed by atoms with Crippen molar-refractivity contribution in [2.75, 3.05) is 19.8 Å². The average Bonchev–Trinajstić information content (AvgIpc) is 3.25. The van der Waals surface area contributed by atoms with E-state index in [1.807, 2.05) is 29.9 Å². The zero-order chi connectivity index (χ0) is 16.4. The van der Waals surface area contributed by atoms with Crippen LogP contribution in [-0.2, 0) is 18.3 Å². The second-order valence-electron chi connectivity index (χ2n) is 5.81. The lowest BCUT2D eigenvalue weighted by atomic mass is 10.2. The minimum absolute atomic E-state index is 0.119. The van der Waals surface area contributed by atoms with Crippen LogP contribution in [0.4, 0.5) is 0 Å². The third kappa shape index (κ3) is 3.10. The van der Waals surface area contributed by atoms with Gasteiger partial charge < -0.3 is 4.74 Å².